The molecule has 0 fully saturated rings. The van der Waals surface area contributed by atoms with Gasteiger partial charge in [0.15, 0.2) is 5.78 Å². The Morgan fingerprint density at radius 3 is 2.76 bits per heavy atom. The SMILES string of the molecule is CCOC(=O)C(C)C(=O)c1cccc(C#N)c1. The quantitative estimate of drug-likeness (QED) is 0.451. The molecule has 0 saturated carbocycles. The minimum atomic E-state index is -0.844. The summed E-state index contributed by atoms with van der Waals surface area (Å²) in [7, 11) is 0. The van der Waals surface area contributed by atoms with E-state index in [2.05, 4.69) is 0 Å². The summed E-state index contributed by atoms with van der Waals surface area (Å²) in [4.78, 5) is 23.3. The van der Waals surface area contributed by atoms with Gasteiger partial charge >= 0.3 is 5.97 Å². The Hall–Kier alpha value is -2.15. The second-order valence-corrected chi connectivity index (χ2v) is 3.53. The first-order chi connectivity index (χ1) is 8.10. The average molecular weight is 231 g/mol. The zero-order valence-corrected chi connectivity index (χ0v) is 9.77. The van der Waals surface area contributed by atoms with Gasteiger partial charge in [-0.1, -0.05) is 12.1 Å². The Labute approximate surface area is 99.8 Å². The van der Waals surface area contributed by atoms with E-state index in [0.717, 1.165) is 0 Å². The number of rotatable bonds is 4. The van der Waals surface area contributed by atoms with Crippen LogP contribution in [0.25, 0.3) is 0 Å². The molecule has 4 nitrogen and oxygen atoms in total. The lowest BCUT2D eigenvalue weighted by Crippen LogP contribution is -2.23. The molecule has 88 valence electrons. The predicted octanol–water partition coefficient (Wildman–Crippen LogP) is 1.94. The fraction of sp³-hybridized carbons (Fsp3) is 0.308. The maximum atomic E-state index is 11.9. The Morgan fingerprint density at radius 2 is 2.18 bits per heavy atom. The first kappa shape index (κ1) is 12.9. The molecule has 0 saturated heterocycles. The number of carbonyl (C=O) groups excluding carboxylic acids is 2. The van der Waals surface area contributed by atoms with Crippen LogP contribution in [0.1, 0.15) is 29.8 Å². The Balaban J connectivity index is 2.89. The van der Waals surface area contributed by atoms with Crippen molar-refractivity contribution in [3.05, 3.63) is 35.4 Å². The molecule has 1 rings (SSSR count). The van der Waals surface area contributed by atoms with E-state index in [9.17, 15) is 9.59 Å². The molecule has 1 aromatic carbocycles. The summed E-state index contributed by atoms with van der Waals surface area (Å²) in [5, 5.41) is 8.72. The number of hydrogen-bond acceptors (Lipinski definition) is 4. The first-order valence-electron chi connectivity index (χ1n) is 5.31. The summed E-state index contributed by atoms with van der Waals surface area (Å²) in [5.41, 5.74) is 0.747. The highest BCUT2D eigenvalue weighted by atomic mass is 16.5. The van der Waals surface area contributed by atoms with Crippen LogP contribution in [0.3, 0.4) is 0 Å². The Kier molecular flexibility index (Phi) is 4.41. The second-order valence-electron chi connectivity index (χ2n) is 3.53. The van der Waals surface area contributed by atoms with Gasteiger partial charge in [0.25, 0.3) is 0 Å². The molecule has 1 unspecified atom stereocenters. The normalized spacial score (nSPS) is 11.4. The molecule has 0 N–H and O–H groups in total. The molecule has 17 heavy (non-hydrogen) atoms. The highest BCUT2D eigenvalue weighted by Gasteiger charge is 2.23. The highest BCUT2D eigenvalue weighted by Crippen LogP contribution is 2.12. The summed E-state index contributed by atoms with van der Waals surface area (Å²) in [6, 6.07) is 8.22. The lowest BCUT2D eigenvalue weighted by molar-refractivity contribution is -0.145. The molecular formula is C13H13NO3. The van der Waals surface area contributed by atoms with Crippen molar-refractivity contribution >= 4 is 11.8 Å². The molecular weight excluding hydrogens is 218 g/mol. The van der Waals surface area contributed by atoms with Crippen molar-refractivity contribution in [1.29, 1.82) is 5.26 Å². The third-order valence-electron chi connectivity index (χ3n) is 2.31. The van der Waals surface area contributed by atoms with E-state index in [1.165, 1.54) is 13.0 Å². The minimum absolute atomic E-state index is 0.245. The van der Waals surface area contributed by atoms with Crippen LogP contribution in [-0.4, -0.2) is 18.4 Å². The lowest BCUT2D eigenvalue weighted by Gasteiger charge is -2.09. The molecule has 0 aromatic heterocycles. The van der Waals surface area contributed by atoms with Crippen molar-refractivity contribution in [3.8, 4) is 6.07 Å². The maximum Gasteiger partial charge on any atom is 0.316 e. The molecule has 0 bridgehead atoms. The van der Waals surface area contributed by atoms with Gasteiger partial charge in [-0.2, -0.15) is 5.26 Å². The van der Waals surface area contributed by atoms with Gasteiger partial charge in [-0.25, -0.2) is 0 Å². The topological polar surface area (TPSA) is 67.2 Å². The zero-order valence-electron chi connectivity index (χ0n) is 9.77. The van der Waals surface area contributed by atoms with Crippen LogP contribution in [-0.2, 0) is 9.53 Å². The molecule has 0 radical (unpaired) electrons. The van der Waals surface area contributed by atoms with Gasteiger partial charge in [-0.15, -0.1) is 0 Å². The Morgan fingerprint density at radius 1 is 1.47 bits per heavy atom. The molecule has 1 atom stereocenters. The van der Waals surface area contributed by atoms with Crippen molar-refractivity contribution < 1.29 is 14.3 Å². The second kappa shape index (κ2) is 5.80. The molecule has 0 aliphatic rings. The number of ketones is 1. The van der Waals surface area contributed by atoms with Crippen LogP contribution in [0, 0.1) is 17.2 Å². The van der Waals surface area contributed by atoms with Crippen LogP contribution >= 0.6 is 0 Å². The van der Waals surface area contributed by atoms with Gasteiger partial charge in [0, 0.05) is 5.56 Å². The van der Waals surface area contributed by atoms with Crippen molar-refractivity contribution in [1.82, 2.24) is 0 Å². The van der Waals surface area contributed by atoms with Gasteiger partial charge in [0.2, 0.25) is 0 Å². The fourth-order valence-electron chi connectivity index (χ4n) is 1.37. The number of Topliss-reactive ketones (excluding diaryl/α,β-unsaturated/α-hetero) is 1. The highest BCUT2D eigenvalue weighted by molar-refractivity contribution is 6.08. The van der Waals surface area contributed by atoms with E-state index in [0.29, 0.717) is 11.1 Å². The van der Waals surface area contributed by atoms with E-state index in [1.807, 2.05) is 6.07 Å². The van der Waals surface area contributed by atoms with Crippen molar-refractivity contribution in [2.24, 2.45) is 5.92 Å². The van der Waals surface area contributed by atoms with Crippen LogP contribution in [0.15, 0.2) is 24.3 Å². The third kappa shape index (κ3) is 3.15. The van der Waals surface area contributed by atoms with Gasteiger partial charge < -0.3 is 4.74 Å². The lowest BCUT2D eigenvalue weighted by atomic mass is 9.98. The van der Waals surface area contributed by atoms with E-state index >= 15 is 0 Å². The van der Waals surface area contributed by atoms with Crippen molar-refractivity contribution in [3.63, 3.8) is 0 Å². The van der Waals surface area contributed by atoms with E-state index in [-0.39, 0.29) is 12.4 Å². The Bertz CT molecular complexity index is 474. The van der Waals surface area contributed by atoms with Gasteiger partial charge in [-0.05, 0) is 26.0 Å². The number of carbonyl (C=O) groups is 2. The molecule has 0 aliphatic heterocycles. The smallest absolute Gasteiger partial charge is 0.316 e. The van der Waals surface area contributed by atoms with Crippen LogP contribution in [0.5, 0.6) is 0 Å². The maximum absolute atomic E-state index is 11.9. The zero-order chi connectivity index (χ0) is 12.8. The number of ether oxygens (including phenoxy) is 1. The largest absolute Gasteiger partial charge is 0.465 e. The number of esters is 1. The summed E-state index contributed by atoms with van der Waals surface area (Å²) in [6.45, 7) is 3.43. The van der Waals surface area contributed by atoms with Gasteiger partial charge in [0.1, 0.15) is 5.92 Å². The number of hydrogen-bond donors (Lipinski definition) is 0. The van der Waals surface area contributed by atoms with Crippen molar-refractivity contribution in [2.75, 3.05) is 6.61 Å². The monoisotopic (exact) mass is 231 g/mol. The summed E-state index contributed by atoms with van der Waals surface area (Å²) < 4.78 is 4.78. The van der Waals surface area contributed by atoms with Gasteiger partial charge in [0.05, 0.1) is 18.2 Å². The molecule has 4 heteroatoms. The van der Waals surface area contributed by atoms with Crippen LogP contribution in [0.4, 0.5) is 0 Å². The molecule has 0 heterocycles. The molecule has 0 aliphatic carbocycles. The van der Waals surface area contributed by atoms with Crippen molar-refractivity contribution in [2.45, 2.75) is 13.8 Å². The summed E-state index contributed by atoms with van der Waals surface area (Å²) >= 11 is 0. The van der Waals surface area contributed by atoms with E-state index in [1.54, 1.807) is 25.1 Å². The molecule has 0 amide bonds. The van der Waals surface area contributed by atoms with E-state index in [4.69, 9.17) is 10.00 Å². The third-order valence-corrected chi connectivity index (χ3v) is 2.31. The number of nitriles is 1. The standard InChI is InChI=1S/C13H13NO3/c1-3-17-13(16)9(2)12(15)11-6-4-5-10(7-11)8-14/h4-7,9H,3H2,1-2H3. The summed E-state index contributed by atoms with van der Waals surface area (Å²) in [6.07, 6.45) is 0. The van der Waals surface area contributed by atoms with Crippen LogP contribution < -0.4 is 0 Å². The minimum Gasteiger partial charge on any atom is -0.465 e. The van der Waals surface area contributed by atoms with Crippen LogP contribution in [0.2, 0.25) is 0 Å². The first-order valence-corrected chi connectivity index (χ1v) is 5.31. The molecule has 0 spiro atoms. The van der Waals surface area contributed by atoms with Gasteiger partial charge in [-0.3, -0.25) is 9.59 Å². The molecule has 1 aromatic rings. The number of benzene rings is 1. The summed E-state index contributed by atoms with van der Waals surface area (Å²) in [5.74, 6) is -1.72. The average Bonchev–Trinajstić information content (AvgIpc) is 2.37. The number of nitrogens with zero attached hydrogens (tertiary/aromatic N) is 1. The fourth-order valence-corrected chi connectivity index (χ4v) is 1.37. The van der Waals surface area contributed by atoms with E-state index < -0.39 is 11.9 Å². The predicted molar refractivity (Wildman–Crippen MR) is 61.3 cm³/mol.